The number of imidazole rings is 1. The molecular formula is C48H29BN3O3Pt-. The van der Waals surface area contributed by atoms with Crippen molar-refractivity contribution in [2.45, 2.75) is 0 Å². The van der Waals surface area contributed by atoms with Crippen LogP contribution in [0.2, 0.25) is 0 Å². The second-order valence-electron chi connectivity index (χ2n) is 13.8. The number of phenolic OH excluding ortho intramolecular Hbond substituents is 1. The zero-order chi connectivity index (χ0) is 36.5. The second-order valence-corrected chi connectivity index (χ2v) is 13.8. The van der Waals surface area contributed by atoms with Crippen molar-refractivity contribution >= 4 is 34.1 Å². The molecule has 8 heteroatoms. The minimum Gasteiger partial charge on any atom is -0.507 e. The van der Waals surface area contributed by atoms with Crippen LogP contribution in [0.1, 0.15) is 0 Å². The Bertz CT molecular complexity index is 2980. The van der Waals surface area contributed by atoms with E-state index in [0.29, 0.717) is 11.3 Å². The molecule has 2 aromatic heterocycles. The first-order chi connectivity index (χ1) is 27.2. The van der Waals surface area contributed by atoms with Crippen LogP contribution in [0.5, 0.6) is 28.7 Å². The van der Waals surface area contributed by atoms with Gasteiger partial charge in [0.25, 0.3) is 6.71 Å². The van der Waals surface area contributed by atoms with Crippen LogP contribution in [0.25, 0.3) is 61.8 Å². The zero-order valence-corrected chi connectivity index (χ0v) is 31.9. The molecule has 0 saturated heterocycles. The smallest absolute Gasteiger partial charge is 0.260 e. The van der Waals surface area contributed by atoms with Crippen molar-refractivity contribution in [3.05, 3.63) is 176 Å². The number of nitrogens with zero attached hydrogens (tertiary/aromatic N) is 3. The third kappa shape index (κ3) is 5.46. The molecule has 0 bridgehead atoms. The molecule has 268 valence electrons. The molecule has 2 aliphatic heterocycles. The number of para-hydroxylation sites is 3. The first kappa shape index (κ1) is 33.9. The van der Waals surface area contributed by atoms with Gasteiger partial charge in [0.15, 0.2) is 0 Å². The third-order valence-corrected chi connectivity index (χ3v) is 10.6. The predicted molar refractivity (Wildman–Crippen MR) is 219 cm³/mol. The Labute approximate surface area is 338 Å². The summed E-state index contributed by atoms with van der Waals surface area (Å²) in [6, 6.07) is 60.3. The fourth-order valence-electron chi connectivity index (χ4n) is 8.08. The monoisotopic (exact) mass is 901 g/mol. The Hall–Kier alpha value is -6.69. The molecule has 2 aliphatic rings. The standard InChI is InChI=1S/C48H29BN3O3.Pt/c53-42-23-8-5-18-34(42)38-21-11-20-37(50-38)31-15-10-16-32(27-31)48-51-39-28-36-46(29-41(39)52(48)40-22-7-4-17-33(40)30-13-2-1-3-14-30)55-45-26-12-25-44-47(45)49(36)35-19-6-9-24-43(35)54-44;/h1-26,28-29,53H;/q-1;. The Balaban J connectivity index is 0.00000384. The van der Waals surface area contributed by atoms with Crippen molar-refractivity contribution in [3.8, 4) is 79.5 Å². The van der Waals surface area contributed by atoms with Gasteiger partial charge in [0.05, 0.1) is 22.6 Å². The van der Waals surface area contributed by atoms with Crippen LogP contribution < -0.4 is 25.9 Å². The maximum absolute atomic E-state index is 10.6. The summed E-state index contributed by atoms with van der Waals surface area (Å²) in [4.78, 5) is 10.4. The van der Waals surface area contributed by atoms with Gasteiger partial charge in [0.2, 0.25) is 0 Å². The average molecular weight is 902 g/mol. The molecule has 11 rings (SSSR count). The number of phenols is 1. The second kappa shape index (κ2) is 13.6. The molecule has 0 amide bonds. The van der Waals surface area contributed by atoms with E-state index in [1.807, 2.05) is 91.0 Å². The summed E-state index contributed by atoms with van der Waals surface area (Å²) in [5.41, 5.74) is 11.8. The van der Waals surface area contributed by atoms with Gasteiger partial charge in [0, 0.05) is 55.1 Å². The number of benzene rings is 7. The van der Waals surface area contributed by atoms with E-state index in [1.165, 1.54) is 0 Å². The molecule has 56 heavy (non-hydrogen) atoms. The molecule has 0 fully saturated rings. The summed E-state index contributed by atoms with van der Waals surface area (Å²) in [7, 11) is 0. The number of ether oxygens (including phenoxy) is 2. The summed E-state index contributed by atoms with van der Waals surface area (Å²) in [5.74, 6) is 4.16. The summed E-state index contributed by atoms with van der Waals surface area (Å²) in [6.45, 7) is -0.0770. The Morgan fingerprint density at radius 1 is 0.536 bits per heavy atom. The van der Waals surface area contributed by atoms with E-state index in [-0.39, 0.29) is 33.5 Å². The molecule has 0 unspecified atom stereocenters. The van der Waals surface area contributed by atoms with Crippen molar-refractivity contribution in [3.63, 3.8) is 0 Å². The van der Waals surface area contributed by atoms with Gasteiger partial charge in [-0.25, -0.2) is 0 Å². The largest absolute Gasteiger partial charge is 0.507 e. The molecule has 0 aliphatic carbocycles. The molecule has 0 spiro atoms. The number of fused-ring (bicyclic) bond motifs is 5. The first-order valence-electron chi connectivity index (χ1n) is 18.3. The Kier molecular flexibility index (Phi) is 8.20. The van der Waals surface area contributed by atoms with Crippen molar-refractivity contribution in [1.29, 1.82) is 0 Å². The normalized spacial score (nSPS) is 12.1. The summed E-state index contributed by atoms with van der Waals surface area (Å²) in [6.07, 6.45) is 0. The van der Waals surface area contributed by atoms with Crippen molar-refractivity contribution in [2.75, 3.05) is 0 Å². The van der Waals surface area contributed by atoms with E-state index in [1.54, 1.807) is 6.07 Å². The van der Waals surface area contributed by atoms with Crippen molar-refractivity contribution in [2.24, 2.45) is 0 Å². The van der Waals surface area contributed by atoms with Crippen molar-refractivity contribution in [1.82, 2.24) is 14.5 Å². The van der Waals surface area contributed by atoms with Crippen LogP contribution in [-0.4, -0.2) is 26.4 Å². The topological polar surface area (TPSA) is 69.4 Å². The SMILES string of the molecule is Oc1ccccc1-c1cccc(-c2[c-]c(-c3nc4cc5c(cc4n3-c3ccccc3-c3ccccc3)Oc3cccc4c3B5c3ccccc3O4)ccc2)n1.[Pt]. The van der Waals surface area contributed by atoms with Crippen LogP contribution in [0.15, 0.2) is 170 Å². The number of hydrogen-bond acceptors (Lipinski definition) is 5. The van der Waals surface area contributed by atoms with Crippen LogP contribution in [-0.2, 0) is 21.1 Å². The van der Waals surface area contributed by atoms with Crippen molar-refractivity contribution < 1.29 is 35.6 Å². The molecule has 0 radical (unpaired) electrons. The fraction of sp³-hybridized carbons (Fsp3) is 0. The van der Waals surface area contributed by atoms with E-state index < -0.39 is 0 Å². The van der Waals surface area contributed by atoms with Gasteiger partial charge in [-0.15, -0.1) is 24.3 Å². The molecular weight excluding hydrogens is 872 g/mol. The number of pyridine rings is 1. The number of aromatic hydroxyl groups is 1. The van der Waals surface area contributed by atoms with E-state index in [9.17, 15) is 5.11 Å². The van der Waals surface area contributed by atoms with Crippen LogP contribution >= 0.6 is 0 Å². The van der Waals surface area contributed by atoms with Gasteiger partial charge >= 0.3 is 0 Å². The molecule has 4 heterocycles. The predicted octanol–water partition coefficient (Wildman–Crippen LogP) is 9.32. The molecule has 0 saturated carbocycles. The summed E-state index contributed by atoms with van der Waals surface area (Å²) >= 11 is 0. The van der Waals surface area contributed by atoms with Gasteiger partial charge < -0.3 is 19.1 Å². The minimum atomic E-state index is -0.0770. The fourth-order valence-corrected chi connectivity index (χ4v) is 8.08. The molecule has 1 N–H and O–H groups in total. The molecule has 6 nitrogen and oxygen atoms in total. The average Bonchev–Trinajstić information content (AvgIpc) is 3.61. The summed E-state index contributed by atoms with van der Waals surface area (Å²) in [5, 5.41) is 10.6. The molecule has 7 aromatic carbocycles. The van der Waals surface area contributed by atoms with Gasteiger partial charge in [0.1, 0.15) is 28.7 Å². The van der Waals surface area contributed by atoms with E-state index >= 15 is 0 Å². The number of aromatic nitrogens is 3. The Morgan fingerprint density at radius 3 is 2.05 bits per heavy atom. The minimum absolute atomic E-state index is 0. The van der Waals surface area contributed by atoms with Gasteiger partial charge in [-0.1, -0.05) is 108 Å². The van der Waals surface area contributed by atoms with Crippen LogP contribution in [0.4, 0.5) is 0 Å². The molecule has 9 aromatic rings. The summed E-state index contributed by atoms with van der Waals surface area (Å²) < 4.78 is 15.4. The van der Waals surface area contributed by atoms with E-state index in [0.717, 1.165) is 89.9 Å². The number of hydrogen-bond donors (Lipinski definition) is 1. The Morgan fingerprint density at radius 2 is 1.20 bits per heavy atom. The van der Waals surface area contributed by atoms with Gasteiger partial charge in [-0.05, 0) is 65.0 Å². The molecule has 0 atom stereocenters. The first-order valence-corrected chi connectivity index (χ1v) is 18.3. The van der Waals surface area contributed by atoms with Gasteiger partial charge in [-0.3, -0.25) is 9.97 Å². The maximum Gasteiger partial charge on any atom is 0.260 e. The van der Waals surface area contributed by atoms with E-state index in [4.69, 9.17) is 19.4 Å². The van der Waals surface area contributed by atoms with Crippen LogP contribution in [0, 0.1) is 6.07 Å². The zero-order valence-electron chi connectivity index (χ0n) is 29.7. The van der Waals surface area contributed by atoms with Crippen LogP contribution in [0.3, 0.4) is 0 Å². The quantitative estimate of drug-likeness (QED) is 0.138. The number of rotatable bonds is 5. The maximum atomic E-state index is 10.6. The van der Waals surface area contributed by atoms with E-state index in [2.05, 4.69) is 83.4 Å². The third-order valence-electron chi connectivity index (χ3n) is 10.6. The van der Waals surface area contributed by atoms with Gasteiger partial charge in [-0.2, -0.15) is 0 Å².